The lowest BCUT2D eigenvalue weighted by molar-refractivity contribution is -0.870. The molecule has 76 heavy (non-hydrogen) atoms. The van der Waals surface area contributed by atoms with Crippen molar-refractivity contribution >= 4 is 19.8 Å². The van der Waals surface area contributed by atoms with E-state index in [9.17, 15) is 19.0 Å². The standard InChI is InChI=1S/C66H108NO8P/c1-6-8-10-12-14-16-18-20-22-24-26-27-28-29-30-31-32-33-34-35-36-37-38-39-41-43-45-47-49-51-53-55-57-59-66(69)75-64(63-74-76(70,71)73-61-60-67(3,4)5)62-72-65(68)58-56-54-52-50-48-46-44-42-40-25-23-21-19-17-15-13-11-9-7-2/h8,10,14-17,20-23,26-27,29-30,32-33,35-36,38-40,42-43,45,64H,6-7,9,11-13,18-19,24-25,28,31,34,37,41,44,46-63H2,1-5H3/p+1/b10-8-,16-14-,17-15-,22-20-,23-21-,27-26-,30-29-,33-32-,36-35-,39-38-,42-40-,45-43-. The molecule has 0 bridgehead atoms. The summed E-state index contributed by atoms with van der Waals surface area (Å²) in [5.74, 6) is -0.846. The summed E-state index contributed by atoms with van der Waals surface area (Å²) in [6.45, 7) is 4.23. The highest BCUT2D eigenvalue weighted by molar-refractivity contribution is 7.47. The van der Waals surface area contributed by atoms with Gasteiger partial charge in [-0.1, -0.05) is 217 Å². The maximum absolute atomic E-state index is 12.8. The number of hydrogen-bond donors (Lipinski definition) is 1. The molecule has 2 unspecified atom stereocenters. The molecule has 0 aromatic heterocycles. The summed E-state index contributed by atoms with van der Waals surface area (Å²) in [4.78, 5) is 35.7. The van der Waals surface area contributed by atoms with Gasteiger partial charge in [0.05, 0.1) is 27.7 Å². The fourth-order valence-electron chi connectivity index (χ4n) is 7.31. The Hall–Kier alpha value is -4.11. The van der Waals surface area contributed by atoms with Gasteiger partial charge in [-0.15, -0.1) is 0 Å². The third-order valence-corrected chi connectivity index (χ3v) is 12.8. The topological polar surface area (TPSA) is 108 Å². The number of hydrogen-bond acceptors (Lipinski definition) is 7. The number of unbranched alkanes of at least 4 members (excludes halogenated alkanes) is 14. The second kappa shape index (κ2) is 55.6. The molecule has 0 spiro atoms. The van der Waals surface area contributed by atoms with Gasteiger partial charge >= 0.3 is 19.8 Å². The number of quaternary nitrogens is 1. The average Bonchev–Trinajstić information content (AvgIpc) is 3.38. The van der Waals surface area contributed by atoms with Crippen molar-refractivity contribution in [3.63, 3.8) is 0 Å². The van der Waals surface area contributed by atoms with Gasteiger partial charge in [0.1, 0.15) is 19.8 Å². The first-order valence-electron chi connectivity index (χ1n) is 29.6. The number of nitrogens with zero attached hydrogens (tertiary/aromatic N) is 1. The zero-order valence-corrected chi connectivity index (χ0v) is 49.6. The maximum Gasteiger partial charge on any atom is 0.472 e. The summed E-state index contributed by atoms with van der Waals surface area (Å²) in [5, 5.41) is 0. The van der Waals surface area contributed by atoms with Crippen LogP contribution in [0.1, 0.15) is 206 Å². The number of allylic oxidation sites excluding steroid dienone is 24. The molecule has 1 N–H and O–H groups in total. The van der Waals surface area contributed by atoms with Gasteiger partial charge in [0.25, 0.3) is 0 Å². The number of phosphoric acid groups is 1. The van der Waals surface area contributed by atoms with Crippen LogP contribution in [0.2, 0.25) is 0 Å². The van der Waals surface area contributed by atoms with Crippen molar-refractivity contribution in [2.45, 2.75) is 213 Å². The zero-order valence-electron chi connectivity index (χ0n) is 48.7. The second-order valence-corrected chi connectivity index (χ2v) is 21.7. The number of esters is 2. The molecule has 0 rings (SSSR count). The first kappa shape index (κ1) is 71.9. The molecule has 0 radical (unpaired) electrons. The van der Waals surface area contributed by atoms with Gasteiger partial charge in [0, 0.05) is 12.8 Å². The van der Waals surface area contributed by atoms with Crippen LogP contribution in [0, 0.1) is 0 Å². The molecule has 0 saturated carbocycles. The lowest BCUT2D eigenvalue weighted by atomic mass is 10.1. The third-order valence-electron chi connectivity index (χ3n) is 11.9. The Labute approximate surface area is 465 Å². The summed E-state index contributed by atoms with van der Waals surface area (Å²) in [6.07, 6.45) is 82.0. The minimum absolute atomic E-state index is 0.0166. The average molecular weight is 1080 g/mol. The SMILES string of the molecule is CC/C=C\C/C=C\C/C=C\C/C=C\C/C=C\C/C=C\C/C=C\C/C=C\C/C=C\CCCCCCCC(=O)OC(COC(=O)CCCCCCCC/C=C\C/C=C\C/C=C\CCCCC)COP(=O)(O)OCC[N+](C)(C)C. The molecule has 10 heteroatoms. The van der Waals surface area contributed by atoms with Crippen LogP contribution < -0.4 is 0 Å². The van der Waals surface area contributed by atoms with E-state index in [1.807, 2.05) is 21.1 Å². The van der Waals surface area contributed by atoms with E-state index < -0.39 is 32.5 Å². The number of phosphoric ester groups is 1. The van der Waals surface area contributed by atoms with Crippen LogP contribution in [-0.2, 0) is 32.7 Å². The smallest absolute Gasteiger partial charge is 0.462 e. The van der Waals surface area contributed by atoms with E-state index in [1.165, 1.54) is 25.7 Å². The molecule has 0 fully saturated rings. The molecule has 430 valence electrons. The third kappa shape index (κ3) is 59.1. The molecule has 2 atom stereocenters. The summed E-state index contributed by atoms with van der Waals surface area (Å²) < 4.78 is 34.5. The molecule has 0 aromatic carbocycles. The predicted molar refractivity (Wildman–Crippen MR) is 325 cm³/mol. The van der Waals surface area contributed by atoms with Gasteiger partial charge < -0.3 is 18.9 Å². The Morgan fingerprint density at radius 1 is 0.421 bits per heavy atom. The van der Waals surface area contributed by atoms with Crippen LogP contribution >= 0.6 is 7.82 Å². The fraction of sp³-hybridized carbons (Fsp3) is 0.606. The number of carbonyl (C=O) groups excluding carboxylic acids is 2. The normalized spacial score (nSPS) is 14.3. The Bertz CT molecular complexity index is 1790. The highest BCUT2D eigenvalue weighted by atomic mass is 31.2. The Morgan fingerprint density at radius 3 is 1.12 bits per heavy atom. The second-order valence-electron chi connectivity index (χ2n) is 20.3. The van der Waals surface area contributed by atoms with Crippen molar-refractivity contribution < 1.29 is 42.1 Å². The molecule has 9 nitrogen and oxygen atoms in total. The van der Waals surface area contributed by atoms with E-state index in [0.717, 1.165) is 141 Å². The van der Waals surface area contributed by atoms with Gasteiger partial charge in [-0.25, -0.2) is 4.57 Å². The summed E-state index contributed by atoms with van der Waals surface area (Å²) in [6, 6.07) is 0. The van der Waals surface area contributed by atoms with Gasteiger partial charge in [-0.3, -0.25) is 18.6 Å². The van der Waals surface area contributed by atoms with Crippen molar-refractivity contribution in [1.82, 2.24) is 0 Å². The van der Waals surface area contributed by atoms with Crippen LogP contribution in [0.25, 0.3) is 0 Å². The van der Waals surface area contributed by atoms with Gasteiger partial charge in [0.15, 0.2) is 6.10 Å². The van der Waals surface area contributed by atoms with Crippen molar-refractivity contribution in [2.24, 2.45) is 0 Å². The zero-order chi connectivity index (χ0) is 55.6. The maximum atomic E-state index is 12.8. The van der Waals surface area contributed by atoms with E-state index in [4.69, 9.17) is 18.5 Å². The van der Waals surface area contributed by atoms with Crippen LogP contribution in [0.4, 0.5) is 0 Å². The number of likely N-dealkylation sites (N-methyl/N-ethyl adjacent to an activating group) is 1. The lowest BCUT2D eigenvalue weighted by Crippen LogP contribution is -2.37. The van der Waals surface area contributed by atoms with E-state index in [2.05, 4.69) is 160 Å². The van der Waals surface area contributed by atoms with Crippen LogP contribution in [0.3, 0.4) is 0 Å². The highest BCUT2D eigenvalue weighted by Crippen LogP contribution is 2.43. The molecule has 0 aliphatic rings. The minimum atomic E-state index is -4.41. The molecule has 0 aromatic rings. The van der Waals surface area contributed by atoms with E-state index in [0.29, 0.717) is 23.9 Å². The van der Waals surface area contributed by atoms with Crippen LogP contribution in [0.5, 0.6) is 0 Å². The Balaban J connectivity index is 4.28. The number of rotatable bonds is 52. The fourth-order valence-corrected chi connectivity index (χ4v) is 8.05. The molecular weight excluding hydrogens is 966 g/mol. The monoisotopic (exact) mass is 1070 g/mol. The first-order chi connectivity index (χ1) is 37.0. The molecule has 0 aliphatic carbocycles. The molecule has 0 amide bonds. The summed E-state index contributed by atoms with van der Waals surface area (Å²) >= 11 is 0. The number of ether oxygens (including phenoxy) is 2. The highest BCUT2D eigenvalue weighted by Gasteiger charge is 2.27. The van der Waals surface area contributed by atoms with Crippen molar-refractivity contribution in [2.75, 3.05) is 47.5 Å². The number of carbonyl (C=O) groups is 2. The lowest BCUT2D eigenvalue weighted by Gasteiger charge is -2.24. The largest absolute Gasteiger partial charge is 0.472 e. The molecule has 0 heterocycles. The van der Waals surface area contributed by atoms with E-state index >= 15 is 0 Å². The predicted octanol–water partition coefficient (Wildman–Crippen LogP) is 18.7. The van der Waals surface area contributed by atoms with Crippen LogP contribution in [-0.4, -0.2) is 74.9 Å². The molecule has 0 saturated heterocycles. The Kier molecular flexibility index (Phi) is 52.6. The van der Waals surface area contributed by atoms with Gasteiger partial charge in [0.2, 0.25) is 0 Å². The van der Waals surface area contributed by atoms with E-state index in [1.54, 1.807) is 0 Å². The molecular formula is C66H109NO8P+. The van der Waals surface area contributed by atoms with Gasteiger partial charge in [-0.05, 0) is 122 Å². The summed E-state index contributed by atoms with van der Waals surface area (Å²) in [7, 11) is 1.43. The molecule has 0 aliphatic heterocycles. The Morgan fingerprint density at radius 2 is 0.750 bits per heavy atom. The van der Waals surface area contributed by atoms with Gasteiger partial charge in [-0.2, -0.15) is 0 Å². The van der Waals surface area contributed by atoms with Crippen molar-refractivity contribution in [1.29, 1.82) is 0 Å². The minimum Gasteiger partial charge on any atom is -0.462 e. The van der Waals surface area contributed by atoms with E-state index in [-0.39, 0.29) is 26.1 Å². The van der Waals surface area contributed by atoms with Crippen molar-refractivity contribution in [3.05, 3.63) is 146 Å². The first-order valence-corrected chi connectivity index (χ1v) is 31.1. The van der Waals surface area contributed by atoms with Crippen LogP contribution in [0.15, 0.2) is 146 Å². The quantitative estimate of drug-likeness (QED) is 0.0211. The summed E-state index contributed by atoms with van der Waals surface area (Å²) in [5.41, 5.74) is 0. The van der Waals surface area contributed by atoms with Crippen molar-refractivity contribution in [3.8, 4) is 0 Å².